The molecule has 5 nitrogen and oxygen atoms in total. The van der Waals surface area contributed by atoms with Gasteiger partial charge in [-0.05, 0) is 37.8 Å². The van der Waals surface area contributed by atoms with Gasteiger partial charge in [-0.3, -0.25) is 9.59 Å². The van der Waals surface area contributed by atoms with Gasteiger partial charge in [0.25, 0.3) is 0 Å². The molecule has 2 amide bonds. The molecule has 2 heterocycles. The van der Waals surface area contributed by atoms with Crippen LogP contribution < -0.4 is 4.90 Å². The first kappa shape index (κ1) is 18.5. The van der Waals surface area contributed by atoms with Gasteiger partial charge in [0.2, 0.25) is 11.8 Å². The number of carbonyl (C=O) groups is 2. The van der Waals surface area contributed by atoms with Gasteiger partial charge >= 0.3 is 0 Å². The van der Waals surface area contributed by atoms with Crippen molar-refractivity contribution in [1.29, 1.82) is 0 Å². The van der Waals surface area contributed by atoms with Gasteiger partial charge in [-0.15, -0.1) is 6.42 Å². The molecular weight excluding hydrogens is 328 g/mol. The summed E-state index contributed by atoms with van der Waals surface area (Å²) in [6.45, 7) is 4.97. The summed E-state index contributed by atoms with van der Waals surface area (Å²) in [4.78, 5) is 28.9. The Labute approximate surface area is 155 Å². The average Bonchev–Trinajstić information content (AvgIpc) is 3.04. The van der Waals surface area contributed by atoms with E-state index in [0.717, 1.165) is 37.2 Å². The minimum absolute atomic E-state index is 0.0322. The number of rotatable bonds is 5. The molecule has 26 heavy (non-hydrogen) atoms. The molecular formula is C21H26N2O3. The highest BCUT2D eigenvalue weighted by Gasteiger charge is 2.38. The molecule has 2 saturated heterocycles. The summed E-state index contributed by atoms with van der Waals surface area (Å²) in [5.74, 6) is 2.83. The summed E-state index contributed by atoms with van der Waals surface area (Å²) >= 11 is 0. The van der Waals surface area contributed by atoms with E-state index in [1.807, 2.05) is 36.1 Å². The van der Waals surface area contributed by atoms with Crippen molar-refractivity contribution in [3.63, 3.8) is 0 Å². The molecule has 0 saturated carbocycles. The van der Waals surface area contributed by atoms with Crippen LogP contribution in [0.3, 0.4) is 0 Å². The summed E-state index contributed by atoms with van der Waals surface area (Å²) in [7, 11) is 0. The zero-order valence-corrected chi connectivity index (χ0v) is 15.3. The van der Waals surface area contributed by atoms with Crippen LogP contribution in [0.2, 0.25) is 0 Å². The van der Waals surface area contributed by atoms with Gasteiger partial charge in [0.15, 0.2) is 0 Å². The first-order chi connectivity index (χ1) is 12.6. The average molecular weight is 354 g/mol. The van der Waals surface area contributed by atoms with Crippen molar-refractivity contribution in [2.75, 3.05) is 37.7 Å². The van der Waals surface area contributed by atoms with E-state index < -0.39 is 0 Å². The van der Waals surface area contributed by atoms with Crippen LogP contribution in [-0.2, 0) is 14.3 Å². The monoisotopic (exact) mass is 354 g/mol. The van der Waals surface area contributed by atoms with E-state index in [1.165, 1.54) is 0 Å². The summed E-state index contributed by atoms with van der Waals surface area (Å²) in [5, 5.41) is 0. The van der Waals surface area contributed by atoms with Gasteiger partial charge < -0.3 is 14.5 Å². The van der Waals surface area contributed by atoms with E-state index >= 15 is 0 Å². The smallest absolute Gasteiger partial charge is 0.228 e. The summed E-state index contributed by atoms with van der Waals surface area (Å²) in [6, 6.07) is 7.87. The lowest BCUT2D eigenvalue weighted by molar-refractivity contribution is -0.137. The van der Waals surface area contributed by atoms with Crippen LogP contribution in [0, 0.1) is 31.1 Å². The molecule has 0 spiro atoms. The normalized spacial score (nSPS) is 21.1. The number of hydrogen-bond donors (Lipinski definition) is 0. The van der Waals surface area contributed by atoms with Crippen LogP contribution in [0.1, 0.15) is 24.8 Å². The van der Waals surface area contributed by atoms with Crippen LogP contribution >= 0.6 is 0 Å². The van der Waals surface area contributed by atoms with Crippen LogP contribution in [-0.4, -0.2) is 49.6 Å². The van der Waals surface area contributed by atoms with Gasteiger partial charge in [0, 0.05) is 31.7 Å². The molecule has 1 aromatic carbocycles. The maximum atomic E-state index is 12.8. The molecule has 138 valence electrons. The zero-order valence-electron chi connectivity index (χ0n) is 15.3. The summed E-state index contributed by atoms with van der Waals surface area (Å²) in [5.41, 5.74) is 2.03. The van der Waals surface area contributed by atoms with Crippen LogP contribution in [0.25, 0.3) is 0 Å². The largest absolute Gasteiger partial charge is 0.369 e. The fourth-order valence-corrected chi connectivity index (χ4v) is 3.71. The number of hydrogen-bond acceptors (Lipinski definition) is 3. The van der Waals surface area contributed by atoms with Gasteiger partial charge in [-0.2, -0.15) is 0 Å². The molecule has 1 atom stereocenters. The lowest BCUT2D eigenvalue weighted by atomic mass is 9.96. The number of carbonyl (C=O) groups excluding carboxylic acids is 2. The number of piperidine rings is 1. The Morgan fingerprint density at radius 2 is 1.96 bits per heavy atom. The van der Waals surface area contributed by atoms with Gasteiger partial charge in [-0.1, -0.05) is 23.6 Å². The SMILES string of the molecule is C#CCOCC1CCN(C(=O)C2CC(=O)N(c3ccc(C)cc3)C2)CC1. The Morgan fingerprint density at radius 3 is 2.62 bits per heavy atom. The molecule has 5 heteroatoms. The van der Waals surface area contributed by atoms with Gasteiger partial charge in [-0.25, -0.2) is 0 Å². The molecule has 0 bridgehead atoms. The van der Waals surface area contributed by atoms with E-state index in [1.54, 1.807) is 4.90 Å². The third-order valence-electron chi connectivity index (χ3n) is 5.29. The highest BCUT2D eigenvalue weighted by atomic mass is 16.5. The van der Waals surface area contributed by atoms with Crippen LogP contribution in [0.4, 0.5) is 5.69 Å². The number of ether oxygens (including phenoxy) is 1. The van der Waals surface area contributed by atoms with E-state index in [4.69, 9.17) is 11.2 Å². The second-order valence-corrected chi connectivity index (χ2v) is 7.23. The lowest BCUT2D eigenvalue weighted by Crippen LogP contribution is -2.43. The van der Waals surface area contributed by atoms with Crippen molar-refractivity contribution >= 4 is 17.5 Å². The number of benzene rings is 1. The molecule has 0 aliphatic carbocycles. The Bertz CT molecular complexity index is 684. The highest BCUT2D eigenvalue weighted by Crippen LogP contribution is 2.28. The second-order valence-electron chi connectivity index (χ2n) is 7.23. The Hall–Kier alpha value is -2.32. The number of terminal acetylenes is 1. The van der Waals surface area contributed by atoms with E-state index in [2.05, 4.69) is 5.92 Å². The fraction of sp³-hybridized carbons (Fsp3) is 0.524. The van der Waals surface area contributed by atoms with E-state index in [0.29, 0.717) is 32.1 Å². The topological polar surface area (TPSA) is 49.9 Å². The first-order valence-electron chi connectivity index (χ1n) is 9.25. The standard InChI is InChI=1S/C21H26N2O3/c1-3-12-26-15-17-8-10-22(11-9-17)21(25)18-13-20(24)23(14-18)19-6-4-16(2)5-7-19/h1,4-7,17-18H,8-15H2,2H3. The number of nitrogens with zero attached hydrogens (tertiary/aromatic N) is 2. The van der Waals surface area contributed by atoms with Crippen LogP contribution in [0.5, 0.6) is 0 Å². The van der Waals surface area contributed by atoms with E-state index in [-0.39, 0.29) is 17.7 Å². The first-order valence-corrected chi connectivity index (χ1v) is 9.25. The Kier molecular flexibility index (Phi) is 5.95. The van der Waals surface area contributed by atoms with Gasteiger partial charge in [0.05, 0.1) is 12.5 Å². The minimum atomic E-state index is -0.238. The molecule has 0 aromatic heterocycles. The van der Waals surface area contributed by atoms with Crippen molar-refractivity contribution < 1.29 is 14.3 Å². The zero-order chi connectivity index (χ0) is 18.5. The molecule has 2 fully saturated rings. The second kappa shape index (κ2) is 8.37. The minimum Gasteiger partial charge on any atom is -0.369 e. The van der Waals surface area contributed by atoms with Crippen molar-refractivity contribution in [3.05, 3.63) is 29.8 Å². The quantitative estimate of drug-likeness (QED) is 0.602. The van der Waals surface area contributed by atoms with E-state index in [9.17, 15) is 9.59 Å². The van der Waals surface area contributed by atoms with Crippen molar-refractivity contribution in [1.82, 2.24) is 4.90 Å². The number of anilines is 1. The molecule has 0 N–H and O–H groups in total. The molecule has 0 radical (unpaired) electrons. The summed E-state index contributed by atoms with van der Waals surface area (Å²) in [6.07, 6.45) is 7.35. The van der Waals surface area contributed by atoms with Crippen LogP contribution in [0.15, 0.2) is 24.3 Å². The Balaban J connectivity index is 1.52. The highest BCUT2D eigenvalue weighted by molar-refractivity contribution is 6.00. The lowest BCUT2D eigenvalue weighted by Gasteiger charge is -2.33. The fourth-order valence-electron chi connectivity index (χ4n) is 3.71. The predicted molar refractivity (Wildman–Crippen MR) is 101 cm³/mol. The van der Waals surface area contributed by atoms with Crippen molar-refractivity contribution in [3.8, 4) is 12.3 Å². The number of likely N-dealkylation sites (tertiary alicyclic amines) is 1. The molecule has 2 aliphatic rings. The summed E-state index contributed by atoms with van der Waals surface area (Å²) < 4.78 is 5.41. The van der Waals surface area contributed by atoms with Crippen molar-refractivity contribution in [2.45, 2.75) is 26.2 Å². The predicted octanol–water partition coefficient (Wildman–Crippen LogP) is 2.24. The molecule has 1 unspecified atom stereocenters. The molecule has 2 aliphatic heterocycles. The van der Waals surface area contributed by atoms with Gasteiger partial charge in [0.1, 0.15) is 6.61 Å². The maximum absolute atomic E-state index is 12.8. The number of aryl methyl sites for hydroxylation is 1. The third kappa shape index (κ3) is 4.25. The Morgan fingerprint density at radius 1 is 1.27 bits per heavy atom. The molecule has 3 rings (SSSR count). The number of amides is 2. The molecule has 1 aromatic rings. The maximum Gasteiger partial charge on any atom is 0.228 e. The third-order valence-corrected chi connectivity index (χ3v) is 5.29. The van der Waals surface area contributed by atoms with Crippen molar-refractivity contribution in [2.24, 2.45) is 11.8 Å².